The van der Waals surface area contributed by atoms with Crippen LogP contribution in [0.25, 0.3) is 0 Å². The fraction of sp³-hybridized carbons (Fsp3) is 0.333. The summed E-state index contributed by atoms with van der Waals surface area (Å²) in [5.74, 6) is -1.55. The molecule has 0 amide bonds. The van der Waals surface area contributed by atoms with Crippen LogP contribution in [0.1, 0.15) is 28.4 Å². The molecule has 1 atom stereocenters. The summed E-state index contributed by atoms with van der Waals surface area (Å²) in [6.45, 7) is 5.03. The average molecular weight is 278 g/mol. The second kappa shape index (κ2) is 7.45. The van der Waals surface area contributed by atoms with Gasteiger partial charge in [0.1, 0.15) is 0 Å². The molecule has 0 aliphatic carbocycles. The SMILES string of the molecule is C=CC(=O)OCCc1cccc(C(=O)O)c1CC(C)O. The minimum atomic E-state index is -1.04. The Labute approximate surface area is 117 Å². The molecule has 0 aliphatic rings. The van der Waals surface area contributed by atoms with Gasteiger partial charge in [0.25, 0.3) is 0 Å². The molecule has 0 aromatic heterocycles. The lowest BCUT2D eigenvalue weighted by Crippen LogP contribution is -2.14. The summed E-state index contributed by atoms with van der Waals surface area (Å²) in [7, 11) is 0. The van der Waals surface area contributed by atoms with E-state index in [9.17, 15) is 19.8 Å². The number of ether oxygens (including phenoxy) is 1. The number of hydrogen-bond acceptors (Lipinski definition) is 4. The van der Waals surface area contributed by atoms with Crippen LogP contribution in [0.3, 0.4) is 0 Å². The first-order valence-corrected chi connectivity index (χ1v) is 6.27. The summed E-state index contributed by atoms with van der Waals surface area (Å²) in [5.41, 5.74) is 1.49. The molecular formula is C15H18O5. The highest BCUT2D eigenvalue weighted by atomic mass is 16.5. The largest absolute Gasteiger partial charge is 0.478 e. The van der Waals surface area contributed by atoms with Crippen molar-refractivity contribution >= 4 is 11.9 Å². The second-order valence-corrected chi connectivity index (χ2v) is 4.42. The molecule has 0 bridgehead atoms. The first-order chi connectivity index (χ1) is 9.45. The van der Waals surface area contributed by atoms with Gasteiger partial charge in [0.15, 0.2) is 0 Å². The first kappa shape index (κ1) is 15.9. The highest BCUT2D eigenvalue weighted by Crippen LogP contribution is 2.18. The van der Waals surface area contributed by atoms with Crippen molar-refractivity contribution in [3.63, 3.8) is 0 Å². The summed E-state index contributed by atoms with van der Waals surface area (Å²) in [5, 5.41) is 18.7. The fourth-order valence-corrected chi connectivity index (χ4v) is 1.93. The van der Waals surface area contributed by atoms with Gasteiger partial charge in [-0.2, -0.15) is 0 Å². The van der Waals surface area contributed by atoms with Crippen molar-refractivity contribution in [2.45, 2.75) is 25.9 Å². The molecule has 1 unspecified atom stereocenters. The van der Waals surface area contributed by atoms with Crippen molar-refractivity contribution in [2.24, 2.45) is 0 Å². The van der Waals surface area contributed by atoms with E-state index in [0.717, 1.165) is 11.6 Å². The highest BCUT2D eigenvalue weighted by Gasteiger charge is 2.15. The van der Waals surface area contributed by atoms with Crippen molar-refractivity contribution in [1.82, 2.24) is 0 Å². The van der Waals surface area contributed by atoms with E-state index >= 15 is 0 Å². The number of carbonyl (C=O) groups is 2. The Hall–Kier alpha value is -2.14. The second-order valence-electron chi connectivity index (χ2n) is 4.42. The van der Waals surface area contributed by atoms with Crippen LogP contribution >= 0.6 is 0 Å². The number of benzene rings is 1. The van der Waals surface area contributed by atoms with Gasteiger partial charge in [0.2, 0.25) is 0 Å². The van der Waals surface area contributed by atoms with E-state index in [0.29, 0.717) is 12.0 Å². The van der Waals surface area contributed by atoms with Gasteiger partial charge in [-0.25, -0.2) is 9.59 Å². The lowest BCUT2D eigenvalue weighted by Gasteiger charge is -2.14. The molecule has 0 fully saturated rings. The zero-order valence-electron chi connectivity index (χ0n) is 11.3. The number of aromatic carboxylic acids is 1. The van der Waals surface area contributed by atoms with Crippen molar-refractivity contribution < 1.29 is 24.5 Å². The third-order valence-corrected chi connectivity index (χ3v) is 2.79. The molecule has 1 aromatic rings. The van der Waals surface area contributed by atoms with Crippen LogP contribution < -0.4 is 0 Å². The molecule has 0 radical (unpaired) electrons. The standard InChI is InChI=1S/C15H18O5/c1-3-14(17)20-8-7-11-5-4-6-12(15(18)19)13(11)9-10(2)16/h3-6,10,16H,1,7-9H2,2H3,(H,18,19). The quantitative estimate of drug-likeness (QED) is 0.584. The lowest BCUT2D eigenvalue weighted by atomic mass is 9.94. The number of rotatable bonds is 7. The number of carboxylic acid groups (broad SMARTS) is 1. The molecule has 0 saturated carbocycles. The normalized spacial score (nSPS) is 11.7. The maximum absolute atomic E-state index is 11.2. The summed E-state index contributed by atoms with van der Waals surface area (Å²) < 4.78 is 4.89. The zero-order chi connectivity index (χ0) is 15.1. The molecule has 5 heteroatoms. The van der Waals surface area contributed by atoms with Gasteiger partial charge in [0.05, 0.1) is 18.3 Å². The van der Waals surface area contributed by atoms with Crippen molar-refractivity contribution in [2.75, 3.05) is 6.61 Å². The van der Waals surface area contributed by atoms with Crippen molar-refractivity contribution in [3.05, 3.63) is 47.5 Å². The Kier molecular flexibility index (Phi) is 5.93. The van der Waals surface area contributed by atoms with E-state index in [2.05, 4.69) is 6.58 Å². The Balaban J connectivity index is 2.93. The predicted octanol–water partition coefficient (Wildman–Crippen LogP) is 1.58. The van der Waals surface area contributed by atoms with E-state index in [4.69, 9.17) is 4.74 Å². The minimum Gasteiger partial charge on any atom is -0.478 e. The maximum atomic E-state index is 11.2. The van der Waals surface area contributed by atoms with E-state index in [1.165, 1.54) is 6.07 Å². The number of hydrogen-bond donors (Lipinski definition) is 2. The highest BCUT2D eigenvalue weighted by molar-refractivity contribution is 5.89. The van der Waals surface area contributed by atoms with Crippen LogP contribution in [-0.4, -0.2) is 34.9 Å². The molecule has 2 N–H and O–H groups in total. The van der Waals surface area contributed by atoms with E-state index in [1.807, 2.05) is 0 Å². The Bertz CT molecular complexity index is 505. The number of carbonyl (C=O) groups excluding carboxylic acids is 1. The molecule has 0 saturated heterocycles. The third-order valence-electron chi connectivity index (χ3n) is 2.79. The van der Waals surface area contributed by atoms with Crippen LogP contribution in [0, 0.1) is 0 Å². The Morgan fingerprint density at radius 3 is 2.70 bits per heavy atom. The molecule has 1 rings (SSSR count). The monoisotopic (exact) mass is 278 g/mol. The number of aliphatic hydroxyl groups excluding tert-OH is 1. The maximum Gasteiger partial charge on any atom is 0.335 e. The summed E-state index contributed by atoms with van der Waals surface area (Å²) in [6.07, 6.45) is 1.06. The van der Waals surface area contributed by atoms with Crippen molar-refractivity contribution in [1.29, 1.82) is 0 Å². The Morgan fingerprint density at radius 1 is 1.45 bits per heavy atom. The number of esters is 1. The summed E-state index contributed by atoms with van der Waals surface area (Å²) in [4.78, 5) is 22.2. The van der Waals surface area contributed by atoms with Gasteiger partial charge >= 0.3 is 11.9 Å². The molecule has 108 valence electrons. The van der Waals surface area contributed by atoms with Crippen LogP contribution in [0.5, 0.6) is 0 Å². The molecule has 5 nitrogen and oxygen atoms in total. The summed E-state index contributed by atoms with van der Waals surface area (Å²) >= 11 is 0. The minimum absolute atomic E-state index is 0.140. The topological polar surface area (TPSA) is 83.8 Å². The van der Waals surface area contributed by atoms with Crippen molar-refractivity contribution in [3.8, 4) is 0 Å². The summed E-state index contributed by atoms with van der Waals surface area (Å²) in [6, 6.07) is 4.91. The van der Waals surface area contributed by atoms with Gasteiger partial charge < -0.3 is 14.9 Å². The average Bonchev–Trinajstić information content (AvgIpc) is 2.39. The lowest BCUT2D eigenvalue weighted by molar-refractivity contribution is -0.137. The van der Waals surface area contributed by atoms with Gasteiger partial charge in [-0.05, 0) is 30.5 Å². The first-order valence-electron chi connectivity index (χ1n) is 6.27. The van der Waals surface area contributed by atoms with Gasteiger partial charge in [0, 0.05) is 12.5 Å². The zero-order valence-corrected chi connectivity index (χ0v) is 11.3. The smallest absolute Gasteiger partial charge is 0.335 e. The molecular weight excluding hydrogens is 260 g/mol. The van der Waals surface area contributed by atoms with Crippen LogP contribution in [0.2, 0.25) is 0 Å². The van der Waals surface area contributed by atoms with E-state index in [1.54, 1.807) is 19.1 Å². The van der Waals surface area contributed by atoms with Crippen LogP contribution in [0.15, 0.2) is 30.9 Å². The van der Waals surface area contributed by atoms with Gasteiger partial charge in [-0.1, -0.05) is 18.7 Å². The number of aliphatic hydroxyl groups is 1. The molecule has 20 heavy (non-hydrogen) atoms. The Morgan fingerprint density at radius 2 is 2.15 bits per heavy atom. The van der Waals surface area contributed by atoms with E-state index in [-0.39, 0.29) is 18.6 Å². The molecule has 0 spiro atoms. The van der Waals surface area contributed by atoms with Gasteiger partial charge in [-0.3, -0.25) is 0 Å². The molecule has 1 aromatic carbocycles. The van der Waals surface area contributed by atoms with Gasteiger partial charge in [-0.15, -0.1) is 0 Å². The van der Waals surface area contributed by atoms with Crippen LogP contribution in [0.4, 0.5) is 0 Å². The molecule has 0 heterocycles. The third kappa shape index (κ3) is 4.51. The predicted molar refractivity (Wildman–Crippen MR) is 73.6 cm³/mol. The van der Waals surface area contributed by atoms with Crippen LogP contribution in [-0.2, 0) is 22.4 Å². The van der Waals surface area contributed by atoms with E-state index < -0.39 is 18.0 Å². The number of carboxylic acids is 1. The fourth-order valence-electron chi connectivity index (χ4n) is 1.93. The molecule has 0 aliphatic heterocycles.